The summed E-state index contributed by atoms with van der Waals surface area (Å²) in [6, 6.07) is 5.42. The van der Waals surface area contributed by atoms with Gasteiger partial charge in [-0.15, -0.1) is 0 Å². The second-order valence-electron chi connectivity index (χ2n) is 3.58. The second kappa shape index (κ2) is 4.76. The maximum Gasteiger partial charge on any atom is 0.214 e. The Hall–Kier alpha value is -1.60. The van der Waals surface area contributed by atoms with E-state index < -0.39 is 0 Å². The molecule has 1 aliphatic rings. The normalized spacial score (nSPS) is 20.6. The molecule has 0 aliphatic carbocycles. The highest BCUT2D eigenvalue weighted by atomic mass is 16.5. The van der Waals surface area contributed by atoms with Crippen LogP contribution in [0.3, 0.4) is 0 Å². The third kappa shape index (κ3) is 2.67. The molecular formula is C11H13N3O. The van der Waals surface area contributed by atoms with E-state index in [2.05, 4.69) is 16.4 Å². The number of nitrogens with zero attached hydrogens (tertiary/aromatic N) is 2. The van der Waals surface area contributed by atoms with E-state index in [9.17, 15) is 0 Å². The lowest BCUT2D eigenvalue weighted by Crippen LogP contribution is -2.37. The van der Waals surface area contributed by atoms with Gasteiger partial charge < -0.3 is 10.1 Å². The zero-order chi connectivity index (χ0) is 10.5. The molecule has 0 spiro atoms. The number of ether oxygens (including phenoxy) is 1. The first kappa shape index (κ1) is 9.94. The lowest BCUT2D eigenvalue weighted by Gasteiger charge is -2.23. The van der Waals surface area contributed by atoms with Gasteiger partial charge in [0.1, 0.15) is 6.10 Å². The highest BCUT2D eigenvalue weighted by Gasteiger charge is 2.14. The molecule has 1 saturated heterocycles. The summed E-state index contributed by atoms with van der Waals surface area (Å²) in [7, 11) is 0. The van der Waals surface area contributed by atoms with Gasteiger partial charge in [0.25, 0.3) is 0 Å². The maximum atomic E-state index is 8.72. The topological polar surface area (TPSA) is 57.9 Å². The highest BCUT2D eigenvalue weighted by molar-refractivity contribution is 5.31. The molecule has 1 fully saturated rings. The third-order valence-electron chi connectivity index (χ3n) is 2.40. The molecule has 0 amide bonds. The summed E-state index contributed by atoms with van der Waals surface area (Å²) in [5.74, 6) is 0.544. The Morgan fingerprint density at radius 1 is 1.60 bits per heavy atom. The summed E-state index contributed by atoms with van der Waals surface area (Å²) in [5, 5.41) is 12.0. The summed E-state index contributed by atoms with van der Waals surface area (Å²) in [4.78, 5) is 4.08. The SMILES string of the molecule is N#Cc1ccnc(O[C@@H]2CCCNC2)c1. The molecule has 78 valence electrons. The molecule has 0 bridgehead atoms. The van der Waals surface area contributed by atoms with E-state index >= 15 is 0 Å². The van der Waals surface area contributed by atoms with Crippen molar-refractivity contribution in [2.24, 2.45) is 0 Å². The van der Waals surface area contributed by atoms with E-state index in [1.807, 2.05) is 0 Å². The van der Waals surface area contributed by atoms with E-state index in [1.165, 1.54) is 0 Å². The molecule has 0 aromatic carbocycles. The average Bonchev–Trinajstić information content (AvgIpc) is 2.31. The first-order valence-electron chi connectivity index (χ1n) is 5.12. The first-order valence-corrected chi connectivity index (χ1v) is 5.12. The Bertz CT molecular complexity index is 366. The van der Waals surface area contributed by atoms with Crippen molar-refractivity contribution in [2.75, 3.05) is 13.1 Å². The molecule has 0 radical (unpaired) electrons. The minimum Gasteiger partial charge on any atom is -0.473 e. The largest absolute Gasteiger partial charge is 0.473 e. The van der Waals surface area contributed by atoms with Crippen LogP contribution in [-0.2, 0) is 0 Å². The Kier molecular flexibility index (Phi) is 3.15. The molecule has 1 aromatic rings. The van der Waals surface area contributed by atoms with Crippen LogP contribution in [0.5, 0.6) is 5.88 Å². The molecule has 1 aliphatic heterocycles. The Morgan fingerprint density at radius 2 is 2.53 bits per heavy atom. The molecule has 1 N–H and O–H groups in total. The summed E-state index contributed by atoms with van der Waals surface area (Å²) in [5.41, 5.74) is 0.587. The average molecular weight is 203 g/mol. The summed E-state index contributed by atoms with van der Waals surface area (Å²) in [6.45, 7) is 1.92. The number of rotatable bonds is 2. The van der Waals surface area contributed by atoms with Crippen molar-refractivity contribution in [1.29, 1.82) is 5.26 Å². The maximum absolute atomic E-state index is 8.72. The molecule has 0 unspecified atom stereocenters. The van der Waals surface area contributed by atoms with Crippen molar-refractivity contribution in [3.05, 3.63) is 23.9 Å². The van der Waals surface area contributed by atoms with Crippen LogP contribution in [0.15, 0.2) is 18.3 Å². The number of piperidine rings is 1. The fraction of sp³-hybridized carbons (Fsp3) is 0.455. The van der Waals surface area contributed by atoms with Crippen LogP contribution in [0, 0.1) is 11.3 Å². The molecule has 2 rings (SSSR count). The van der Waals surface area contributed by atoms with Gasteiger partial charge >= 0.3 is 0 Å². The van der Waals surface area contributed by atoms with Crippen LogP contribution in [0.1, 0.15) is 18.4 Å². The van der Waals surface area contributed by atoms with Gasteiger partial charge in [0.05, 0.1) is 11.6 Å². The van der Waals surface area contributed by atoms with Crippen LogP contribution in [0.2, 0.25) is 0 Å². The van der Waals surface area contributed by atoms with Crippen LogP contribution in [-0.4, -0.2) is 24.2 Å². The number of pyridine rings is 1. The van der Waals surface area contributed by atoms with Gasteiger partial charge in [-0.2, -0.15) is 5.26 Å². The van der Waals surface area contributed by atoms with E-state index in [0.717, 1.165) is 25.9 Å². The van der Waals surface area contributed by atoms with Gasteiger partial charge in [0, 0.05) is 18.8 Å². The number of hydrogen-bond donors (Lipinski definition) is 1. The van der Waals surface area contributed by atoms with Crippen LogP contribution in [0.4, 0.5) is 0 Å². The van der Waals surface area contributed by atoms with Crippen molar-refractivity contribution in [3.8, 4) is 11.9 Å². The standard InChI is InChI=1S/C11H13N3O/c12-7-9-3-5-14-11(6-9)15-10-2-1-4-13-8-10/h3,5-6,10,13H,1-2,4,8H2/t10-/m1/s1. The van der Waals surface area contributed by atoms with Gasteiger partial charge in [-0.25, -0.2) is 4.98 Å². The molecule has 0 saturated carbocycles. The fourth-order valence-corrected chi connectivity index (χ4v) is 1.63. The zero-order valence-corrected chi connectivity index (χ0v) is 8.44. The van der Waals surface area contributed by atoms with E-state index in [4.69, 9.17) is 10.00 Å². The lowest BCUT2D eigenvalue weighted by molar-refractivity contribution is 0.160. The predicted molar refractivity (Wildman–Crippen MR) is 55.5 cm³/mol. The quantitative estimate of drug-likeness (QED) is 0.781. The number of nitrogens with one attached hydrogen (secondary N) is 1. The first-order chi connectivity index (χ1) is 7.38. The fourth-order valence-electron chi connectivity index (χ4n) is 1.63. The minimum absolute atomic E-state index is 0.181. The minimum atomic E-state index is 0.181. The molecule has 1 atom stereocenters. The molecule has 15 heavy (non-hydrogen) atoms. The predicted octanol–water partition coefficient (Wildman–Crippen LogP) is 1.08. The van der Waals surface area contributed by atoms with Gasteiger partial charge in [0.2, 0.25) is 5.88 Å². The molecule has 4 nitrogen and oxygen atoms in total. The van der Waals surface area contributed by atoms with Crippen molar-refractivity contribution >= 4 is 0 Å². The second-order valence-corrected chi connectivity index (χ2v) is 3.58. The van der Waals surface area contributed by atoms with E-state index in [-0.39, 0.29) is 6.10 Å². The Balaban J connectivity index is 2.00. The number of nitriles is 1. The van der Waals surface area contributed by atoms with E-state index in [1.54, 1.807) is 18.3 Å². The zero-order valence-electron chi connectivity index (χ0n) is 8.44. The van der Waals surface area contributed by atoms with Crippen LogP contribution < -0.4 is 10.1 Å². The van der Waals surface area contributed by atoms with Crippen molar-refractivity contribution in [2.45, 2.75) is 18.9 Å². The molecule has 1 aromatic heterocycles. The van der Waals surface area contributed by atoms with Gasteiger partial charge in [-0.1, -0.05) is 0 Å². The summed E-state index contributed by atoms with van der Waals surface area (Å²) >= 11 is 0. The van der Waals surface area contributed by atoms with Crippen LogP contribution in [0.25, 0.3) is 0 Å². The van der Waals surface area contributed by atoms with Crippen molar-refractivity contribution in [1.82, 2.24) is 10.3 Å². The number of aromatic nitrogens is 1. The highest BCUT2D eigenvalue weighted by Crippen LogP contribution is 2.13. The van der Waals surface area contributed by atoms with Gasteiger partial charge in [0.15, 0.2) is 0 Å². The smallest absolute Gasteiger partial charge is 0.214 e. The lowest BCUT2D eigenvalue weighted by atomic mass is 10.1. The van der Waals surface area contributed by atoms with Gasteiger partial charge in [-0.3, -0.25) is 0 Å². The van der Waals surface area contributed by atoms with Crippen LogP contribution >= 0.6 is 0 Å². The molecular weight excluding hydrogens is 190 g/mol. The Labute approximate surface area is 88.9 Å². The Morgan fingerprint density at radius 3 is 3.27 bits per heavy atom. The number of hydrogen-bond acceptors (Lipinski definition) is 4. The monoisotopic (exact) mass is 203 g/mol. The summed E-state index contributed by atoms with van der Waals surface area (Å²) < 4.78 is 5.67. The van der Waals surface area contributed by atoms with Crippen molar-refractivity contribution < 1.29 is 4.74 Å². The van der Waals surface area contributed by atoms with E-state index in [0.29, 0.717) is 11.4 Å². The van der Waals surface area contributed by atoms with Gasteiger partial charge in [-0.05, 0) is 25.5 Å². The van der Waals surface area contributed by atoms with Crippen molar-refractivity contribution in [3.63, 3.8) is 0 Å². The summed E-state index contributed by atoms with van der Waals surface area (Å²) in [6.07, 6.45) is 3.96. The molecule has 4 heteroatoms. The molecule has 2 heterocycles. The third-order valence-corrected chi connectivity index (χ3v) is 2.40.